The lowest BCUT2D eigenvalue weighted by molar-refractivity contribution is 0.373. The largest absolute Gasteiger partial charge is 0.0656 e. The van der Waals surface area contributed by atoms with Gasteiger partial charge < -0.3 is 0 Å². The van der Waals surface area contributed by atoms with E-state index in [0.29, 0.717) is 16.2 Å². The standard InChI is InChI=1S/3C7H16.2C3H8/c3*1-5-6-7(2,3)4;2*1-3-2/h3*5-6H2,1-4H3;2*3H2,1-2H3. The molecule has 0 radical (unpaired) electrons. The second-order valence-electron chi connectivity index (χ2n) is 11.3. The van der Waals surface area contributed by atoms with E-state index in [-0.39, 0.29) is 0 Å². The van der Waals surface area contributed by atoms with Gasteiger partial charge in [0.15, 0.2) is 0 Å². The summed E-state index contributed by atoms with van der Waals surface area (Å²) in [5, 5.41) is 0. The summed E-state index contributed by atoms with van der Waals surface area (Å²) in [7, 11) is 0. The Balaban J connectivity index is -0.0000000782. The molecule has 0 fully saturated rings. The fourth-order valence-electron chi connectivity index (χ4n) is 2.25. The van der Waals surface area contributed by atoms with Gasteiger partial charge in [0.05, 0.1) is 0 Å². The monoisotopic (exact) mass is 389 g/mol. The maximum Gasteiger partial charge on any atom is -0.0383 e. The summed E-state index contributed by atoms with van der Waals surface area (Å²) in [6, 6.07) is 0. The number of rotatable bonds is 3. The van der Waals surface area contributed by atoms with Crippen molar-refractivity contribution in [2.24, 2.45) is 16.2 Å². The first-order valence-electron chi connectivity index (χ1n) is 12.0. The van der Waals surface area contributed by atoms with Gasteiger partial charge in [0, 0.05) is 0 Å². The van der Waals surface area contributed by atoms with Crippen molar-refractivity contribution in [2.75, 3.05) is 0 Å². The van der Waals surface area contributed by atoms with Crippen molar-refractivity contribution in [3.63, 3.8) is 0 Å². The fraction of sp³-hybridized carbons (Fsp3) is 1.00. The molecule has 0 nitrogen and oxygen atoms in total. The van der Waals surface area contributed by atoms with Gasteiger partial charge in [-0.1, -0.05) is 143 Å². The van der Waals surface area contributed by atoms with Gasteiger partial charge in [-0.15, -0.1) is 0 Å². The van der Waals surface area contributed by atoms with Crippen molar-refractivity contribution < 1.29 is 0 Å². The van der Waals surface area contributed by atoms with E-state index in [9.17, 15) is 0 Å². The molecule has 0 saturated carbocycles. The van der Waals surface area contributed by atoms with Crippen LogP contribution in [0.3, 0.4) is 0 Å². The molecule has 0 saturated heterocycles. The Morgan fingerprint density at radius 2 is 0.444 bits per heavy atom. The first kappa shape index (κ1) is 37.7. The van der Waals surface area contributed by atoms with Crippen LogP contribution in [-0.4, -0.2) is 0 Å². The van der Waals surface area contributed by atoms with Gasteiger partial charge in [-0.3, -0.25) is 0 Å². The Morgan fingerprint density at radius 3 is 0.444 bits per heavy atom. The molecule has 0 aliphatic heterocycles. The van der Waals surface area contributed by atoms with Gasteiger partial charge in [0.1, 0.15) is 0 Å². The molecule has 0 atom stereocenters. The molecule has 0 aliphatic carbocycles. The molecule has 0 amide bonds. The second-order valence-corrected chi connectivity index (χ2v) is 11.3. The van der Waals surface area contributed by atoms with Crippen LogP contribution < -0.4 is 0 Å². The predicted molar refractivity (Wildman–Crippen MR) is 135 cm³/mol. The molecule has 0 unspecified atom stereocenters. The van der Waals surface area contributed by atoms with Crippen LogP contribution in [0.25, 0.3) is 0 Å². The van der Waals surface area contributed by atoms with Crippen molar-refractivity contribution in [3.05, 3.63) is 0 Å². The first-order chi connectivity index (χ1) is 12.0. The Labute approximate surface area is 178 Å². The number of hydrogen-bond acceptors (Lipinski definition) is 0. The summed E-state index contributed by atoms with van der Waals surface area (Å²) in [5.41, 5.74) is 1.65. The van der Waals surface area contributed by atoms with Gasteiger partial charge in [-0.25, -0.2) is 0 Å². The lowest BCUT2D eigenvalue weighted by atomic mass is 9.91. The maximum atomic E-state index is 2.27. The Kier molecular flexibility index (Phi) is 33.6. The molecule has 0 aliphatic rings. The highest BCUT2D eigenvalue weighted by atomic mass is 14.1. The number of hydrogen-bond donors (Lipinski definition) is 0. The van der Waals surface area contributed by atoms with Crippen LogP contribution in [0.4, 0.5) is 0 Å². The van der Waals surface area contributed by atoms with Crippen LogP contribution in [0.2, 0.25) is 0 Å². The minimum absolute atomic E-state index is 0.550. The molecule has 0 rings (SSSR count). The third-order valence-corrected chi connectivity index (χ3v) is 3.00. The first-order valence-corrected chi connectivity index (χ1v) is 12.0. The van der Waals surface area contributed by atoms with Crippen LogP contribution in [0.5, 0.6) is 0 Å². The molecule has 27 heavy (non-hydrogen) atoms. The molecule has 0 heterocycles. The van der Waals surface area contributed by atoms with E-state index < -0.39 is 0 Å². The zero-order valence-corrected chi connectivity index (χ0v) is 23.2. The van der Waals surface area contributed by atoms with Crippen molar-refractivity contribution >= 4 is 0 Å². The zero-order valence-electron chi connectivity index (χ0n) is 23.2. The van der Waals surface area contributed by atoms with Gasteiger partial charge in [0.25, 0.3) is 0 Å². The summed E-state index contributed by atoms with van der Waals surface area (Å²) in [4.78, 5) is 0. The summed E-state index contributed by atoms with van der Waals surface area (Å²) < 4.78 is 0. The van der Waals surface area contributed by atoms with Gasteiger partial charge in [-0.05, 0) is 35.5 Å². The summed E-state index contributed by atoms with van der Waals surface area (Å²) in [6.45, 7) is 35.7. The minimum atomic E-state index is 0.550. The molecule has 0 spiro atoms. The van der Waals surface area contributed by atoms with E-state index in [1.54, 1.807) is 0 Å². The van der Waals surface area contributed by atoms with Crippen LogP contribution >= 0.6 is 0 Å². The van der Waals surface area contributed by atoms with Crippen molar-refractivity contribution in [2.45, 2.75) is 162 Å². The maximum absolute atomic E-state index is 2.27. The van der Waals surface area contributed by atoms with Crippen molar-refractivity contribution in [1.82, 2.24) is 0 Å². The van der Waals surface area contributed by atoms with Crippen LogP contribution in [0, 0.1) is 16.2 Å². The predicted octanol–water partition coefficient (Wildman–Crippen LogP) is 11.3. The average Bonchev–Trinajstić information content (AvgIpc) is 2.37. The summed E-state index contributed by atoms with van der Waals surface area (Å²) >= 11 is 0. The van der Waals surface area contributed by atoms with E-state index in [1.807, 2.05) is 0 Å². The highest BCUT2D eigenvalue weighted by Gasteiger charge is 2.07. The Hall–Kier alpha value is 0. The molecule has 0 aromatic carbocycles. The van der Waals surface area contributed by atoms with Gasteiger partial charge in [-0.2, -0.15) is 0 Å². The van der Waals surface area contributed by atoms with E-state index in [2.05, 4.69) is 111 Å². The lowest BCUT2D eigenvalue weighted by Crippen LogP contribution is -2.02. The highest BCUT2D eigenvalue weighted by Crippen LogP contribution is 2.20. The Morgan fingerprint density at radius 1 is 0.333 bits per heavy atom. The van der Waals surface area contributed by atoms with Crippen molar-refractivity contribution in [3.8, 4) is 0 Å². The second kappa shape index (κ2) is 24.0. The third kappa shape index (κ3) is 104. The molecular formula is C27H64. The molecule has 172 valence electrons. The van der Waals surface area contributed by atoms with Gasteiger partial charge >= 0.3 is 0 Å². The van der Waals surface area contributed by atoms with E-state index >= 15 is 0 Å². The van der Waals surface area contributed by atoms with Crippen LogP contribution in [-0.2, 0) is 0 Å². The average molecular weight is 389 g/mol. The summed E-state index contributed by atoms with van der Waals surface area (Å²) in [5.74, 6) is 0. The zero-order chi connectivity index (χ0) is 23.2. The highest BCUT2D eigenvalue weighted by molar-refractivity contribution is 4.59. The van der Waals surface area contributed by atoms with E-state index in [1.165, 1.54) is 51.4 Å². The molecular weight excluding hydrogens is 324 g/mol. The lowest BCUT2D eigenvalue weighted by Gasteiger charge is -2.15. The SMILES string of the molecule is CCC.CCC.CCCC(C)(C)C.CCCC(C)(C)C.CCCC(C)(C)C. The quantitative estimate of drug-likeness (QED) is 0.450. The molecule has 0 heteroatoms. The minimum Gasteiger partial charge on any atom is -0.0656 e. The fourth-order valence-corrected chi connectivity index (χ4v) is 2.25. The van der Waals surface area contributed by atoms with Crippen LogP contribution in [0.15, 0.2) is 0 Å². The normalized spacial score (nSPS) is 10.7. The Bertz CT molecular complexity index is 176. The van der Waals surface area contributed by atoms with E-state index in [0.717, 1.165) is 0 Å². The van der Waals surface area contributed by atoms with E-state index in [4.69, 9.17) is 0 Å². The van der Waals surface area contributed by atoms with Gasteiger partial charge in [0.2, 0.25) is 0 Å². The smallest absolute Gasteiger partial charge is 0.0383 e. The molecule has 0 aromatic heterocycles. The molecule has 0 bridgehead atoms. The molecule has 0 aromatic rings. The topological polar surface area (TPSA) is 0 Å². The third-order valence-electron chi connectivity index (χ3n) is 3.00. The van der Waals surface area contributed by atoms with Crippen molar-refractivity contribution in [1.29, 1.82) is 0 Å². The molecule has 0 N–H and O–H groups in total. The summed E-state index contributed by atoms with van der Waals surface area (Å²) in [6.07, 6.45) is 10.4. The van der Waals surface area contributed by atoms with Crippen LogP contribution in [0.1, 0.15) is 162 Å².